The number of hydrogen-bond acceptors (Lipinski definition) is 6. The van der Waals surface area contributed by atoms with E-state index in [0.717, 1.165) is 47.9 Å². The summed E-state index contributed by atoms with van der Waals surface area (Å²) in [4.78, 5) is 25.1. The van der Waals surface area contributed by atoms with Crippen LogP contribution in [0.2, 0.25) is 0 Å². The summed E-state index contributed by atoms with van der Waals surface area (Å²) in [6, 6.07) is 17.9. The van der Waals surface area contributed by atoms with Gasteiger partial charge in [0.15, 0.2) is 11.5 Å². The Hall–Kier alpha value is -3.80. The maximum absolute atomic E-state index is 12.6. The minimum atomic E-state index is -0.188. The van der Waals surface area contributed by atoms with Crippen molar-refractivity contribution in [3.05, 3.63) is 81.1 Å². The molecule has 0 radical (unpaired) electrons. The highest BCUT2D eigenvalue weighted by molar-refractivity contribution is 5.81. The quantitative estimate of drug-likeness (QED) is 0.0892. The summed E-state index contributed by atoms with van der Waals surface area (Å²) in [5, 5.41) is 0. The SMILES string of the molecule is CCCCCCCCCCOc1cc(-c2ccc(OC)c(=O)cc2)c(OCCCCCCCCCC)cc1-c1ccc(OC)c(=O)cc1. The van der Waals surface area contributed by atoms with E-state index in [1.807, 2.05) is 36.4 Å². The van der Waals surface area contributed by atoms with Gasteiger partial charge in [0.2, 0.25) is 10.9 Å². The van der Waals surface area contributed by atoms with Crippen LogP contribution in [-0.4, -0.2) is 27.4 Å². The number of ether oxygens (including phenoxy) is 4. The van der Waals surface area contributed by atoms with Gasteiger partial charge >= 0.3 is 0 Å². The van der Waals surface area contributed by atoms with Gasteiger partial charge in [0.25, 0.3) is 0 Å². The molecule has 0 N–H and O–H groups in total. The summed E-state index contributed by atoms with van der Waals surface area (Å²) >= 11 is 0. The van der Waals surface area contributed by atoms with E-state index in [-0.39, 0.29) is 22.4 Å². The van der Waals surface area contributed by atoms with E-state index in [4.69, 9.17) is 18.9 Å². The molecule has 6 nitrogen and oxygen atoms in total. The molecule has 6 heteroatoms. The predicted molar refractivity (Wildman–Crippen MR) is 199 cm³/mol. The van der Waals surface area contributed by atoms with Crippen LogP contribution in [0.5, 0.6) is 23.0 Å². The first-order valence-corrected chi connectivity index (χ1v) is 18.3. The van der Waals surface area contributed by atoms with Crippen molar-refractivity contribution in [3.8, 4) is 45.3 Å². The Morgan fingerprint density at radius 3 is 1.10 bits per heavy atom. The molecule has 0 fully saturated rings. The molecule has 48 heavy (non-hydrogen) atoms. The van der Waals surface area contributed by atoms with Crippen molar-refractivity contribution in [2.75, 3.05) is 27.4 Å². The smallest absolute Gasteiger partial charge is 0.220 e. The highest BCUT2D eigenvalue weighted by atomic mass is 16.5. The Labute approximate surface area is 288 Å². The first-order valence-electron chi connectivity index (χ1n) is 18.3. The number of rotatable bonds is 24. The van der Waals surface area contributed by atoms with E-state index < -0.39 is 0 Å². The van der Waals surface area contributed by atoms with Gasteiger partial charge in [-0.05, 0) is 60.4 Å². The maximum atomic E-state index is 12.6. The highest BCUT2D eigenvalue weighted by Gasteiger charge is 2.16. The average Bonchev–Trinajstić information content (AvgIpc) is 3.41. The molecule has 0 aliphatic carbocycles. The first kappa shape index (κ1) is 38.6. The first-order chi connectivity index (χ1) is 23.5. The van der Waals surface area contributed by atoms with Crippen molar-refractivity contribution in [3.63, 3.8) is 0 Å². The van der Waals surface area contributed by atoms with Crippen molar-refractivity contribution in [2.24, 2.45) is 0 Å². The molecule has 0 amide bonds. The van der Waals surface area contributed by atoms with Gasteiger partial charge < -0.3 is 18.9 Å². The zero-order valence-electron chi connectivity index (χ0n) is 30.0. The molecular formula is C42H58O6. The van der Waals surface area contributed by atoms with Crippen LogP contribution < -0.4 is 29.8 Å². The van der Waals surface area contributed by atoms with Crippen LogP contribution in [0.25, 0.3) is 22.3 Å². The summed E-state index contributed by atoms with van der Waals surface area (Å²) in [5.41, 5.74) is 2.95. The van der Waals surface area contributed by atoms with Crippen LogP contribution in [0, 0.1) is 0 Å². The Bertz CT molecular complexity index is 1370. The van der Waals surface area contributed by atoms with Crippen molar-refractivity contribution < 1.29 is 18.9 Å². The molecule has 3 rings (SSSR count). The topological polar surface area (TPSA) is 71.1 Å². The average molecular weight is 659 g/mol. The second-order valence-electron chi connectivity index (χ2n) is 12.6. The molecule has 3 aromatic carbocycles. The number of hydrogen-bond donors (Lipinski definition) is 0. The molecule has 0 heterocycles. The Morgan fingerprint density at radius 1 is 0.417 bits per heavy atom. The van der Waals surface area contributed by atoms with Crippen LogP contribution in [0.15, 0.2) is 70.3 Å². The fourth-order valence-corrected chi connectivity index (χ4v) is 5.88. The minimum absolute atomic E-state index is 0.188. The molecule has 0 aliphatic rings. The van der Waals surface area contributed by atoms with Gasteiger partial charge in [0, 0.05) is 11.1 Å². The van der Waals surface area contributed by atoms with E-state index in [1.165, 1.54) is 103 Å². The van der Waals surface area contributed by atoms with E-state index in [2.05, 4.69) is 13.8 Å². The van der Waals surface area contributed by atoms with Gasteiger partial charge in [0.1, 0.15) is 11.5 Å². The lowest BCUT2D eigenvalue weighted by atomic mass is 9.99. The molecule has 0 saturated carbocycles. The van der Waals surface area contributed by atoms with Crippen molar-refractivity contribution in [2.45, 2.75) is 117 Å². The van der Waals surface area contributed by atoms with Gasteiger partial charge in [-0.15, -0.1) is 0 Å². The Morgan fingerprint density at radius 2 is 0.750 bits per heavy atom. The van der Waals surface area contributed by atoms with Gasteiger partial charge in [0.05, 0.1) is 27.4 Å². The Kier molecular flexibility index (Phi) is 18.3. The third-order valence-corrected chi connectivity index (χ3v) is 8.80. The van der Waals surface area contributed by atoms with E-state index in [9.17, 15) is 9.59 Å². The molecule has 0 aromatic heterocycles. The molecule has 0 unspecified atom stereocenters. The van der Waals surface area contributed by atoms with Crippen LogP contribution in [0.1, 0.15) is 117 Å². The summed E-state index contributed by atoms with van der Waals surface area (Å²) in [6.07, 6.45) is 19.4. The van der Waals surface area contributed by atoms with Crippen LogP contribution in [-0.2, 0) is 0 Å². The summed E-state index contributed by atoms with van der Waals surface area (Å²) in [6.45, 7) is 5.65. The highest BCUT2D eigenvalue weighted by Crippen LogP contribution is 2.41. The van der Waals surface area contributed by atoms with E-state index in [0.29, 0.717) is 24.7 Å². The summed E-state index contributed by atoms with van der Waals surface area (Å²) in [7, 11) is 3.01. The van der Waals surface area contributed by atoms with Gasteiger partial charge in [-0.2, -0.15) is 0 Å². The summed E-state index contributed by atoms with van der Waals surface area (Å²) in [5.74, 6) is 1.96. The van der Waals surface area contributed by atoms with Crippen molar-refractivity contribution in [1.82, 2.24) is 0 Å². The van der Waals surface area contributed by atoms with Crippen LogP contribution in [0.3, 0.4) is 0 Å². The molecule has 0 bridgehead atoms. The monoisotopic (exact) mass is 658 g/mol. The molecule has 0 saturated heterocycles. The standard InChI is InChI=1S/C42H58O6/c1-5-7-9-11-13-15-17-19-29-47-41-31-36(34-22-26-38(44)40(46-4)28-24-34)42(48-30-20-18-16-14-12-10-8-6-2)32-35(41)33-21-25-37(43)39(45-3)27-23-33/h21-28,31-32H,5-20,29-30H2,1-4H3. The van der Waals surface area contributed by atoms with Crippen LogP contribution >= 0.6 is 0 Å². The normalized spacial score (nSPS) is 10.9. The molecule has 0 spiro atoms. The molecule has 0 atom stereocenters. The molecule has 262 valence electrons. The fraction of sp³-hybridized carbons (Fsp3) is 0.524. The largest absolute Gasteiger partial charge is 0.493 e. The second-order valence-corrected chi connectivity index (χ2v) is 12.6. The van der Waals surface area contributed by atoms with E-state index >= 15 is 0 Å². The number of unbranched alkanes of at least 4 members (excludes halogenated alkanes) is 14. The van der Waals surface area contributed by atoms with Gasteiger partial charge in [-0.1, -0.05) is 128 Å². The molecule has 3 aromatic rings. The van der Waals surface area contributed by atoms with E-state index in [1.54, 1.807) is 12.1 Å². The van der Waals surface area contributed by atoms with Crippen LogP contribution in [0.4, 0.5) is 0 Å². The number of methoxy groups -OCH3 is 2. The molecule has 0 aliphatic heterocycles. The summed E-state index contributed by atoms with van der Waals surface area (Å²) < 4.78 is 23.6. The Balaban J connectivity index is 1.93. The lowest BCUT2D eigenvalue weighted by molar-refractivity contribution is 0.298. The predicted octanol–water partition coefficient (Wildman–Crippen LogP) is 10.8. The van der Waals surface area contributed by atoms with Gasteiger partial charge in [-0.3, -0.25) is 9.59 Å². The fourth-order valence-electron chi connectivity index (χ4n) is 5.88. The third kappa shape index (κ3) is 13.0. The van der Waals surface area contributed by atoms with Crippen molar-refractivity contribution in [1.29, 1.82) is 0 Å². The number of benzene rings is 1. The van der Waals surface area contributed by atoms with Crippen molar-refractivity contribution >= 4 is 0 Å². The third-order valence-electron chi connectivity index (χ3n) is 8.80. The lowest BCUT2D eigenvalue weighted by Gasteiger charge is -2.18. The van der Waals surface area contributed by atoms with Gasteiger partial charge in [-0.25, -0.2) is 0 Å². The minimum Gasteiger partial charge on any atom is -0.493 e. The zero-order chi connectivity index (χ0) is 34.4. The maximum Gasteiger partial charge on any atom is 0.220 e. The zero-order valence-corrected chi connectivity index (χ0v) is 30.0. The molecular weight excluding hydrogens is 600 g/mol. The lowest BCUT2D eigenvalue weighted by Crippen LogP contribution is -2.03. The second kappa shape index (κ2) is 22.7.